The maximum absolute atomic E-state index is 5.37. The molecule has 1 aliphatic heterocycles. The van der Waals surface area contributed by atoms with Crippen molar-refractivity contribution in [3.05, 3.63) is 23.9 Å². The van der Waals surface area contributed by atoms with Gasteiger partial charge in [-0.1, -0.05) is 0 Å². The number of ether oxygens (including phenoxy) is 1. The number of aromatic amines is 1. The lowest BCUT2D eigenvalue weighted by Crippen LogP contribution is -2.27. The van der Waals surface area contributed by atoms with E-state index in [-0.39, 0.29) is 0 Å². The summed E-state index contributed by atoms with van der Waals surface area (Å²) in [6, 6.07) is 4.83. The van der Waals surface area contributed by atoms with Crippen LogP contribution in [-0.2, 0) is 4.74 Å². The summed E-state index contributed by atoms with van der Waals surface area (Å²) < 4.78 is 5.37. The monoisotopic (exact) mass is 231 g/mol. The molecule has 0 unspecified atom stereocenters. The first-order valence-corrected chi connectivity index (χ1v) is 6.11. The number of aryl methyl sites for hydroxylation is 1. The third-order valence-electron chi connectivity index (χ3n) is 3.27. The van der Waals surface area contributed by atoms with E-state index in [0.717, 1.165) is 37.3 Å². The Morgan fingerprint density at radius 1 is 1.35 bits per heavy atom. The highest BCUT2D eigenvalue weighted by molar-refractivity contribution is 5.90. The summed E-state index contributed by atoms with van der Waals surface area (Å²) in [7, 11) is 0. The van der Waals surface area contributed by atoms with Crippen molar-refractivity contribution >= 4 is 16.6 Å². The Labute approximate surface area is 100 Å². The first-order valence-electron chi connectivity index (χ1n) is 6.11. The number of fused-ring (bicyclic) bond motifs is 1. The van der Waals surface area contributed by atoms with Gasteiger partial charge >= 0.3 is 0 Å². The fraction of sp³-hybridized carbons (Fsp3) is 0.462. The Hall–Kier alpha value is -1.55. The van der Waals surface area contributed by atoms with E-state index in [1.807, 2.05) is 6.20 Å². The molecule has 3 rings (SSSR count). The third kappa shape index (κ3) is 2.13. The zero-order valence-corrected chi connectivity index (χ0v) is 9.99. The fourth-order valence-electron chi connectivity index (χ4n) is 2.38. The molecule has 1 aromatic heterocycles. The Bertz CT molecular complexity index is 514. The molecule has 2 heterocycles. The summed E-state index contributed by atoms with van der Waals surface area (Å²) >= 11 is 0. The highest BCUT2D eigenvalue weighted by atomic mass is 16.5. The van der Waals surface area contributed by atoms with Crippen molar-refractivity contribution in [3.8, 4) is 0 Å². The van der Waals surface area contributed by atoms with Gasteiger partial charge in [-0.05, 0) is 37.5 Å². The lowest BCUT2D eigenvalue weighted by atomic mass is 10.1. The van der Waals surface area contributed by atoms with Gasteiger partial charge in [-0.3, -0.25) is 5.10 Å². The van der Waals surface area contributed by atoms with Gasteiger partial charge in [0.1, 0.15) is 0 Å². The molecular weight excluding hydrogens is 214 g/mol. The summed E-state index contributed by atoms with van der Waals surface area (Å²) in [6.45, 7) is 3.83. The normalized spacial score (nSPS) is 17.5. The molecule has 1 aromatic carbocycles. The summed E-state index contributed by atoms with van der Waals surface area (Å²) in [6.07, 6.45) is 4.02. The van der Waals surface area contributed by atoms with E-state index in [1.54, 1.807) is 0 Å². The number of rotatable bonds is 2. The molecule has 0 radical (unpaired) electrons. The van der Waals surface area contributed by atoms with E-state index in [2.05, 4.69) is 34.6 Å². The molecule has 0 atom stereocenters. The zero-order valence-electron chi connectivity index (χ0n) is 9.99. The van der Waals surface area contributed by atoms with Gasteiger partial charge in [-0.25, -0.2) is 0 Å². The Kier molecular flexibility index (Phi) is 2.73. The molecule has 17 heavy (non-hydrogen) atoms. The molecule has 1 saturated heterocycles. The van der Waals surface area contributed by atoms with E-state index < -0.39 is 0 Å². The molecule has 1 fully saturated rings. The standard InChI is InChI=1S/C13H17N3O/c1-9-6-10-8-14-16-13(10)12(7-9)15-11-2-4-17-5-3-11/h6-8,11,15H,2-5H2,1H3,(H,14,16). The van der Waals surface area contributed by atoms with Crippen LogP contribution in [0.3, 0.4) is 0 Å². The van der Waals surface area contributed by atoms with Gasteiger partial charge < -0.3 is 10.1 Å². The molecule has 0 saturated carbocycles. The van der Waals surface area contributed by atoms with Crippen LogP contribution in [-0.4, -0.2) is 29.5 Å². The Morgan fingerprint density at radius 2 is 2.18 bits per heavy atom. The van der Waals surface area contributed by atoms with Gasteiger partial charge in [-0.15, -0.1) is 0 Å². The predicted molar refractivity (Wildman–Crippen MR) is 68.3 cm³/mol. The summed E-state index contributed by atoms with van der Waals surface area (Å²) in [5.41, 5.74) is 3.51. The molecule has 0 bridgehead atoms. The second kappa shape index (κ2) is 4.37. The maximum Gasteiger partial charge on any atom is 0.0881 e. The van der Waals surface area contributed by atoms with Gasteiger partial charge in [0, 0.05) is 24.6 Å². The Morgan fingerprint density at radius 3 is 3.00 bits per heavy atom. The van der Waals surface area contributed by atoms with E-state index in [4.69, 9.17) is 4.74 Å². The highest BCUT2D eigenvalue weighted by Crippen LogP contribution is 2.25. The molecule has 90 valence electrons. The van der Waals surface area contributed by atoms with Crippen LogP contribution in [0.4, 0.5) is 5.69 Å². The molecule has 0 spiro atoms. The number of aromatic nitrogens is 2. The average molecular weight is 231 g/mol. The number of anilines is 1. The van der Waals surface area contributed by atoms with Crippen LogP contribution in [0, 0.1) is 6.92 Å². The molecular formula is C13H17N3O. The largest absolute Gasteiger partial charge is 0.381 e. The third-order valence-corrected chi connectivity index (χ3v) is 3.27. The number of benzene rings is 1. The van der Waals surface area contributed by atoms with Crippen LogP contribution in [0.5, 0.6) is 0 Å². The molecule has 4 heteroatoms. The molecule has 0 aliphatic carbocycles. The fourth-order valence-corrected chi connectivity index (χ4v) is 2.38. The SMILES string of the molecule is Cc1cc(NC2CCOCC2)c2[nH]ncc2c1. The number of hydrogen-bond donors (Lipinski definition) is 2. The minimum atomic E-state index is 0.511. The molecule has 0 amide bonds. The minimum absolute atomic E-state index is 0.511. The number of hydrogen-bond acceptors (Lipinski definition) is 3. The van der Waals surface area contributed by atoms with Crippen LogP contribution in [0.1, 0.15) is 18.4 Å². The average Bonchev–Trinajstić information content (AvgIpc) is 2.78. The van der Waals surface area contributed by atoms with E-state index >= 15 is 0 Å². The zero-order chi connectivity index (χ0) is 11.7. The van der Waals surface area contributed by atoms with E-state index in [0.29, 0.717) is 6.04 Å². The summed E-state index contributed by atoms with van der Waals surface area (Å²) in [5.74, 6) is 0. The van der Waals surface area contributed by atoms with Crippen molar-refractivity contribution in [2.45, 2.75) is 25.8 Å². The molecule has 4 nitrogen and oxygen atoms in total. The van der Waals surface area contributed by atoms with Crippen molar-refractivity contribution in [1.29, 1.82) is 0 Å². The number of nitrogens with one attached hydrogen (secondary N) is 2. The summed E-state index contributed by atoms with van der Waals surface area (Å²) in [5, 5.41) is 11.9. The molecule has 1 aliphatic rings. The maximum atomic E-state index is 5.37. The van der Waals surface area contributed by atoms with Gasteiger partial charge in [0.15, 0.2) is 0 Å². The van der Waals surface area contributed by atoms with E-state index in [9.17, 15) is 0 Å². The van der Waals surface area contributed by atoms with Crippen molar-refractivity contribution in [3.63, 3.8) is 0 Å². The van der Waals surface area contributed by atoms with Crippen LogP contribution < -0.4 is 5.32 Å². The topological polar surface area (TPSA) is 49.9 Å². The van der Waals surface area contributed by atoms with Crippen LogP contribution in [0.15, 0.2) is 18.3 Å². The predicted octanol–water partition coefficient (Wildman–Crippen LogP) is 2.46. The smallest absolute Gasteiger partial charge is 0.0881 e. The lowest BCUT2D eigenvalue weighted by Gasteiger charge is -2.24. The second-order valence-electron chi connectivity index (χ2n) is 4.68. The first kappa shape index (κ1) is 10.6. The first-order chi connectivity index (χ1) is 8.33. The lowest BCUT2D eigenvalue weighted by molar-refractivity contribution is 0.0905. The second-order valence-corrected chi connectivity index (χ2v) is 4.68. The molecule has 2 aromatic rings. The van der Waals surface area contributed by atoms with E-state index in [1.165, 1.54) is 10.9 Å². The van der Waals surface area contributed by atoms with Crippen molar-refractivity contribution in [1.82, 2.24) is 10.2 Å². The van der Waals surface area contributed by atoms with Gasteiger partial charge in [0.2, 0.25) is 0 Å². The van der Waals surface area contributed by atoms with Gasteiger partial charge in [0.05, 0.1) is 17.4 Å². The van der Waals surface area contributed by atoms with Crippen LogP contribution >= 0.6 is 0 Å². The van der Waals surface area contributed by atoms with Crippen LogP contribution in [0.25, 0.3) is 10.9 Å². The Balaban J connectivity index is 1.90. The van der Waals surface area contributed by atoms with Crippen molar-refractivity contribution in [2.75, 3.05) is 18.5 Å². The minimum Gasteiger partial charge on any atom is -0.381 e. The van der Waals surface area contributed by atoms with Gasteiger partial charge in [0.25, 0.3) is 0 Å². The number of H-pyrrole nitrogens is 1. The van der Waals surface area contributed by atoms with Crippen molar-refractivity contribution < 1.29 is 4.74 Å². The van der Waals surface area contributed by atoms with Gasteiger partial charge in [-0.2, -0.15) is 5.10 Å². The number of nitrogens with zero attached hydrogens (tertiary/aromatic N) is 1. The van der Waals surface area contributed by atoms with Crippen LogP contribution in [0.2, 0.25) is 0 Å². The molecule has 2 N–H and O–H groups in total. The summed E-state index contributed by atoms with van der Waals surface area (Å²) in [4.78, 5) is 0. The highest BCUT2D eigenvalue weighted by Gasteiger charge is 2.15. The quantitative estimate of drug-likeness (QED) is 0.834. The van der Waals surface area contributed by atoms with Crippen molar-refractivity contribution in [2.24, 2.45) is 0 Å².